The lowest BCUT2D eigenvalue weighted by atomic mass is 10.1. The molecule has 0 aromatic heterocycles. The number of carbonyl (C=O) groups is 1. The summed E-state index contributed by atoms with van der Waals surface area (Å²) in [6.45, 7) is 2.61. The second kappa shape index (κ2) is 15.6. The Balaban J connectivity index is 1.52. The van der Waals surface area contributed by atoms with E-state index in [1.165, 1.54) is 56.4 Å². The normalized spacial score (nSPS) is 12.2. The van der Waals surface area contributed by atoms with E-state index >= 15 is 0 Å². The first-order chi connectivity index (χ1) is 18.4. The first-order valence-corrected chi connectivity index (χ1v) is 15.2. The van der Waals surface area contributed by atoms with Crippen LogP contribution in [0.1, 0.15) is 70.3 Å². The number of carbonyl (C=O) groups excluding carboxylic acids is 1. The lowest BCUT2D eigenvalue weighted by Crippen LogP contribution is -2.23. The third-order valence-corrected chi connectivity index (χ3v) is 8.40. The highest BCUT2D eigenvalue weighted by atomic mass is 35.5. The van der Waals surface area contributed by atoms with Crippen molar-refractivity contribution in [3.63, 3.8) is 0 Å². The highest BCUT2D eigenvalue weighted by molar-refractivity contribution is 7.91. The van der Waals surface area contributed by atoms with Crippen molar-refractivity contribution in [1.29, 1.82) is 0 Å². The second-order valence-electron chi connectivity index (χ2n) is 9.39. The number of benzene rings is 3. The van der Waals surface area contributed by atoms with Gasteiger partial charge in [0.15, 0.2) is 6.10 Å². The molecule has 0 heterocycles. The summed E-state index contributed by atoms with van der Waals surface area (Å²) in [5.74, 6) is 0.997. The Kier molecular flexibility index (Phi) is 12.2. The monoisotopic (exact) mass is 556 g/mol. The molecule has 38 heavy (non-hydrogen) atoms. The molecule has 0 saturated heterocycles. The van der Waals surface area contributed by atoms with Gasteiger partial charge in [-0.05, 0) is 78.5 Å². The number of hydrogen-bond donors (Lipinski definition) is 0. The lowest BCUT2D eigenvalue weighted by Gasteiger charge is -2.16. The van der Waals surface area contributed by atoms with Gasteiger partial charge in [0.1, 0.15) is 18.1 Å². The number of sulfone groups is 1. The van der Waals surface area contributed by atoms with E-state index in [1.54, 1.807) is 24.3 Å². The molecule has 0 spiro atoms. The maximum Gasteiger partial charge on any atom is 0.262 e. The Labute approximate surface area is 232 Å². The van der Waals surface area contributed by atoms with Gasteiger partial charge in [-0.2, -0.15) is 0 Å². The van der Waals surface area contributed by atoms with E-state index in [9.17, 15) is 13.2 Å². The summed E-state index contributed by atoms with van der Waals surface area (Å²) in [4.78, 5) is 12.2. The molecule has 0 aliphatic carbocycles. The Morgan fingerprint density at radius 2 is 1.26 bits per heavy atom. The van der Waals surface area contributed by atoms with Crippen molar-refractivity contribution < 1.29 is 22.7 Å². The van der Waals surface area contributed by atoms with Gasteiger partial charge >= 0.3 is 0 Å². The van der Waals surface area contributed by atoms with Crippen LogP contribution in [0.5, 0.6) is 11.5 Å². The molecule has 5 nitrogen and oxygen atoms in total. The Morgan fingerprint density at radius 1 is 0.737 bits per heavy atom. The van der Waals surface area contributed by atoms with Gasteiger partial charge in [0.05, 0.1) is 9.79 Å². The third-order valence-electron chi connectivity index (χ3n) is 6.37. The maximum absolute atomic E-state index is 13.1. The Morgan fingerprint density at radius 3 is 1.82 bits per heavy atom. The smallest absolute Gasteiger partial charge is 0.262 e. The molecule has 0 radical (unpaired) electrons. The molecular weight excluding hydrogens is 520 g/mol. The largest absolute Gasteiger partial charge is 0.489 e. The van der Waals surface area contributed by atoms with Crippen molar-refractivity contribution >= 4 is 26.7 Å². The van der Waals surface area contributed by atoms with E-state index in [0.29, 0.717) is 24.5 Å². The summed E-state index contributed by atoms with van der Waals surface area (Å²) in [7, 11) is -3.72. The van der Waals surface area contributed by atoms with Crippen LogP contribution in [-0.2, 0) is 21.2 Å². The molecule has 0 N–H and O–H groups in total. The fraction of sp³-hybridized carbons (Fsp3) is 0.387. The van der Waals surface area contributed by atoms with Gasteiger partial charge in [-0.25, -0.2) is 8.42 Å². The summed E-state index contributed by atoms with van der Waals surface area (Å²) in [5, 5.41) is -0.542. The summed E-state index contributed by atoms with van der Waals surface area (Å²) in [5.41, 5.74) is 1.03. The van der Waals surface area contributed by atoms with E-state index in [0.717, 1.165) is 24.8 Å². The minimum atomic E-state index is -3.72. The average Bonchev–Trinajstić information content (AvgIpc) is 2.93. The molecule has 0 unspecified atom stereocenters. The number of rotatable bonds is 17. The molecule has 204 valence electrons. The summed E-state index contributed by atoms with van der Waals surface area (Å²) < 4.78 is 37.7. The minimum Gasteiger partial charge on any atom is -0.489 e. The number of unbranched alkanes of at least 4 members (excludes halogenated alkanes) is 7. The molecule has 0 amide bonds. The van der Waals surface area contributed by atoms with Gasteiger partial charge in [0.2, 0.25) is 9.84 Å². The van der Waals surface area contributed by atoms with Crippen molar-refractivity contribution in [3.05, 3.63) is 84.4 Å². The predicted molar refractivity (Wildman–Crippen MR) is 152 cm³/mol. The molecule has 0 saturated carbocycles. The van der Waals surface area contributed by atoms with Crippen LogP contribution in [-0.4, -0.2) is 19.8 Å². The quantitative estimate of drug-likeness (QED) is 0.124. The fourth-order valence-corrected chi connectivity index (χ4v) is 5.55. The van der Waals surface area contributed by atoms with E-state index in [4.69, 9.17) is 21.1 Å². The van der Waals surface area contributed by atoms with Gasteiger partial charge < -0.3 is 9.47 Å². The van der Waals surface area contributed by atoms with Gasteiger partial charge in [-0.1, -0.05) is 82.2 Å². The van der Waals surface area contributed by atoms with Gasteiger partial charge in [-0.15, -0.1) is 0 Å². The van der Waals surface area contributed by atoms with E-state index in [2.05, 4.69) is 6.92 Å². The van der Waals surface area contributed by atoms with Crippen molar-refractivity contribution in [2.45, 2.75) is 87.2 Å². The number of hydrogen-bond acceptors (Lipinski definition) is 5. The van der Waals surface area contributed by atoms with Crippen molar-refractivity contribution in [3.8, 4) is 11.5 Å². The molecule has 0 aliphatic heterocycles. The van der Waals surface area contributed by atoms with Crippen molar-refractivity contribution in [2.75, 3.05) is 0 Å². The van der Waals surface area contributed by atoms with Crippen LogP contribution in [0.25, 0.3) is 0 Å². The molecular formula is C31H37ClO5S. The van der Waals surface area contributed by atoms with Crippen LogP contribution in [0.15, 0.2) is 88.7 Å². The lowest BCUT2D eigenvalue weighted by molar-refractivity contribution is -0.118. The standard InChI is InChI=1S/C31H37ClO5S/c1-2-3-4-5-6-7-8-12-15-30(31(32)33)37-27-18-22-29(23-19-27)38(34,35)28-20-16-26(17-21-28)36-24-25-13-10-9-11-14-25/h9-11,13-14,16-23,30H,2-8,12,15,24H2,1H3/t30-/m1/s1. The Bertz CT molecular complexity index is 1210. The van der Waals surface area contributed by atoms with Crippen LogP contribution in [0, 0.1) is 0 Å². The fourth-order valence-electron chi connectivity index (χ4n) is 4.14. The summed E-state index contributed by atoms with van der Waals surface area (Å²) >= 11 is 5.77. The molecule has 0 bridgehead atoms. The Hall–Kier alpha value is -2.83. The molecule has 3 aromatic rings. The zero-order valence-electron chi connectivity index (χ0n) is 22.0. The highest BCUT2D eigenvalue weighted by Gasteiger charge is 2.20. The average molecular weight is 557 g/mol. The van der Waals surface area contributed by atoms with E-state index in [-0.39, 0.29) is 9.79 Å². The predicted octanol–water partition coefficient (Wildman–Crippen LogP) is 8.14. The SMILES string of the molecule is CCCCCCCCCC[C@@H](Oc1ccc(S(=O)(=O)c2ccc(OCc3ccccc3)cc2)cc1)C(=O)Cl. The van der Waals surface area contributed by atoms with Gasteiger partial charge in [-0.3, -0.25) is 4.79 Å². The van der Waals surface area contributed by atoms with Crippen LogP contribution in [0.3, 0.4) is 0 Å². The zero-order valence-corrected chi connectivity index (χ0v) is 23.6. The zero-order chi connectivity index (χ0) is 27.2. The molecule has 7 heteroatoms. The van der Waals surface area contributed by atoms with Crippen molar-refractivity contribution in [1.82, 2.24) is 0 Å². The molecule has 3 rings (SSSR count). The first kappa shape index (κ1) is 29.7. The second-order valence-corrected chi connectivity index (χ2v) is 11.7. The molecule has 3 aromatic carbocycles. The van der Waals surface area contributed by atoms with Crippen molar-refractivity contribution in [2.24, 2.45) is 0 Å². The number of halogens is 1. The van der Waals surface area contributed by atoms with Gasteiger partial charge in [0, 0.05) is 0 Å². The third kappa shape index (κ3) is 9.48. The molecule has 0 fully saturated rings. The summed E-state index contributed by atoms with van der Waals surface area (Å²) in [6, 6.07) is 22.2. The maximum atomic E-state index is 13.1. The van der Waals surface area contributed by atoms with Gasteiger partial charge in [0.25, 0.3) is 5.24 Å². The van der Waals surface area contributed by atoms with Crippen LogP contribution in [0.2, 0.25) is 0 Å². The summed E-state index contributed by atoms with van der Waals surface area (Å²) in [6.07, 6.45) is 9.08. The number of ether oxygens (including phenoxy) is 2. The van der Waals surface area contributed by atoms with E-state index < -0.39 is 21.2 Å². The van der Waals surface area contributed by atoms with Crippen LogP contribution < -0.4 is 9.47 Å². The first-order valence-electron chi connectivity index (χ1n) is 13.4. The van der Waals surface area contributed by atoms with Crippen LogP contribution in [0.4, 0.5) is 0 Å². The molecule has 0 aliphatic rings. The topological polar surface area (TPSA) is 69.7 Å². The molecule has 1 atom stereocenters. The highest BCUT2D eigenvalue weighted by Crippen LogP contribution is 2.26. The minimum absolute atomic E-state index is 0.139. The van der Waals surface area contributed by atoms with Crippen LogP contribution >= 0.6 is 11.6 Å². The van der Waals surface area contributed by atoms with E-state index in [1.807, 2.05) is 30.3 Å².